The van der Waals surface area contributed by atoms with E-state index in [2.05, 4.69) is 26.1 Å². The van der Waals surface area contributed by atoms with Gasteiger partial charge in [0, 0.05) is 13.0 Å². The second-order valence-corrected chi connectivity index (χ2v) is 6.82. The van der Waals surface area contributed by atoms with E-state index in [4.69, 9.17) is 0 Å². The maximum absolute atomic E-state index is 11.5. The molecule has 0 fully saturated rings. The van der Waals surface area contributed by atoms with Crippen molar-refractivity contribution in [3.05, 3.63) is 0 Å². The van der Waals surface area contributed by atoms with E-state index in [1.54, 1.807) is 0 Å². The Bertz CT molecular complexity index is 226. The van der Waals surface area contributed by atoms with Crippen molar-refractivity contribution in [2.75, 3.05) is 6.54 Å². The molecule has 0 aliphatic heterocycles. The van der Waals surface area contributed by atoms with E-state index in [1.807, 2.05) is 0 Å². The number of carbonyl (C=O) groups excluding carboxylic acids is 1. The van der Waals surface area contributed by atoms with Gasteiger partial charge in [0.05, 0.1) is 0 Å². The van der Waals surface area contributed by atoms with Gasteiger partial charge in [0.25, 0.3) is 0 Å². The summed E-state index contributed by atoms with van der Waals surface area (Å²) in [7, 11) is 0. The van der Waals surface area contributed by atoms with Crippen molar-refractivity contribution < 1.29 is 4.79 Å². The van der Waals surface area contributed by atoms with Crippen LogP contribution in [0, 0.1) is 5.92 Å². The van der Waals surface area contributed by atoms with Crippen LogP contribution in [-0.4, -0.2) is 12.5 Å². The zero-order valence-electron chi connectivity index (χ0n) is 14.9. The minimum atomic E-state index is 0.232. The Morgan fingerprint density at radius 3 is 1.76 bits per heavy atom. The highest BCUT2D eigenvalue weighted by molar-refractivity contribution is 5.75. The van der Waals surface area contributed by atoms with Gasteiger partial charge >= 0.3 is 0 Å². The summed E-state index contributed by atoms with van der Waals surface area (Å²) in [4.78, 5) is 11.5. The van der Waals surface area contributed by atoms with Crippen molar-refractivity contribution in [2.24, 2.45) is 5.92 Å². The Balaban J connectivity index is 3.10. The highest BCUT2D eigenvalue weighted by atomic mass is 16.1. The third-order valence-corrected chi connectivity index (χ3v) is 4.05. The van der Waals surface area contributed by atoms with Crippen molar-refractivity contribution in [1.82, 2.24) is 5.32 Å². The monoisotopic (exact) mass is 297 g/mol. The van der Waals surface area contributed by atoms with Crippen LogP contribution in [0.4, 0.5) is 0 Å². The van der Waals surface area contributed by atoms with Gasteiger partial charge in [-0.3, -0.25) is 4.79 Å². The molecular weight excluding hydrogens is 258 g/mol. The topological polar surface area (TPSA) is 29.1 Å². The van der Waals surface area contributed by atoms with Gasteiger partial charge < -0.3 is 5.32 Å². The summed E-state index contributed by atoms with van der Waals surface area (Å²) in [6.07, 6.45) is 16.6. The Hall–Kier alpha value is -0.530. The van der Waals surface area contributed by atoms with Gasteiger partial charge in [0.1, 0.15) is 0 Å². The van der Waals surface area contributed by atoms with E-state index in [-0.39, 0.29) is 5.91 Å². The number of unbranched alkanes of at least 4 members (excludes halogenated alkanes) is 10. The lowest BCUT2D eigenvalue weighted by atomic mass is 10.1. The molecule has 0 unspecified atom stereocenters. The molecule has 126 valence electrons. The molecule has 2 nitrogen and oxygen atoms in total. The van der Waals surface area contributed by atoms with Crippen LogP contribution in [0.2, 0.25) is 0 Å². The van der Waals surface area contributed by atoms with E-state index >= 15 is 0 Å². The molecule has 0 radical (unpaired) electrons. The van der Waals surface area contributed by atoms with Crippen molar-refractivity contribution >= 4 is 5.91 Å². The van der Waals surface area contributed by atoms with Gasteiger partial charge in [-0.1, -0.05) is 85.0 Å². The van der Waals surface area contributed by atoms with Gasteiger partial charge in [0.15, 0.2) is 0 Å². The molecule has 0 heterocycles. The molecule has 0 saturated heterocycles. The van der Waals surface area contributed by atoms with E-state index in [0.29, 0.717) is 12.3 Å². The second-order valence-electron chi connectivity index (χ2n) is 6.82. The number of nitrogens with one attached hydrogen (secondary N) is 1. The maximum Gasteiger partial charge on any atom is 0.220 e. The lowest BCUT2D eigenvalue weighted by molar-refractivity contribution is -0.121. The average molecular weight is 298 g/mol. The fourth-order valence-electron chi connectivity index (χ4n) is 2.53. The smallest absolute Gasteiger partial charge is 0.220 e. The summed E-state index contributed by atoms with van der Waals surface area (Å²) in [5.74, 6) is 0.855. The van der Waals surface area contributed by atoms with Gasteiger partial charge in [-0.15, -0.1) is 0 Å². The minimum Gasteiger partial charge on any atom is -0.356 e. The molecule has 0 spiro atoms. The SMILES string of the molecule is CCCCCCCCCCCCCNC(=O)CCC(C)C. The van der Waals surface area contributed by atoms with Crippen molar-refractivity contribution in [3.8, 4) is 0 Å². The molecule has 0 aliphatic carbocycles. The highest BCUT2D eigenvalue weighted by Gasteiger charge is 2.02. The van der Waals surface area contributed by atoms with Gasteiger partial charge in [-0.05, 0) is 18.8 Å². The molecule has 2 heteroatoms. The molecule has 0 atom stereocenters. The van der Waals surface area contributed by atoms with E-state index < -0.39 is 0 Å². The van der Waals surface area contributed by atoms with Crippen LogP contribution in [-0.2, 0) is 4.79 Å². The van der Waals surface area contributed by atoms with Gasteiger partial charge in [0.2, 0.25) is 5.91 Å². The first-order chi connectivity index (χ1) is 10.2. The third-order valence-electron chi connectivity index (χ3n) is 4.05. The van der Waals surface area contributed by atoms with Crippen LogP contribution in [0.1, 0.15) is 104 Å². The zero-order valence-corrected chi connectivity index (χ0v) is 14.9. The summed E-state index contributed by atoms with van der Waals surface area (Å²) in [6, 6.07) is 0. The van der Waals surface area contributed by atoms with E-state index in [9.17, 15) is 4.79 Å². The highest BCUT2D eigenvalue weighted by Crippen LogP contribution is 2.11. The summed E-state index contributed by atoms with van der Waals surface area (Å²) >= 11 is 0. The molecule has 0 aromatic rings. The first-order valence-electron chi connectivity index (χ1n) is 9.43. The summed E-state index contributed by atoms with van der Waals surface area (Å²) in [5.41, 5.74) is 0. The summed E-state index contributed by atoms with van der Waals surface area (Å²) < 4.78 is 0. The summed E-state index contributed by atoms with van der Waals surface area (Å²) in [6.45, 7) is 7.47. The Kier molecular flexibility index (Phi) is 15.5. The fourth-order valence-corrected chi connectivity index (χ4v) is 2.53. The van der Waals surface area contributed by atoms with Gasteiger partial charge in [-0.2, -0.15) is 0 Å². The second kappa shape index (κ2) is 15.9. The molecule has 0 rings (SSSR count). The average Bonchev–Trinajstić information content (AvgIpc) is 2.46. The van der Waals surface area contributed by atoms with E-state index in [0.717, 1.165) is 19.4 Å². The lowest BCUT2D eigenvalue weighted by Crippen LogP contribution is -2.24. The largest absolute Gasteiger partial charge is 0.356 e. The lowest BCUT2D eigenvalue weighted by Gasteiger charge is -2.07. The maximum atomic E-state index is 11.5. The Labute approximate surface area is 133 Å². The first kappa shape index (κ1) is 20.5. The molecule has 0 aliphatic rings. The Morgan fingerprint density at radius 2 is 1.29 bits per heavy atom. The normalized spacial score (nSPS) is 11.0. The Morgan fingerprint density at radius 1 is 0.810 bits per heavy atom. The molecular formula is C19H39NO. The van der Waals surface area contributed by atoms with Gasteiger partial charge in [-0.25, -0.2) is 0 Å². The van der Waals surface area contributed by atoms with Crippen molar-refractivity contribution in [3.63, 3.8) is 0 Å². The fraction of sp³-hybridized carbons (Fsp3) is 0.947. The van der Waals surface area contributed by atoms with E-state index in [1.165, 1.54) is 64.2 Å². The van der Waals surface area contributed by atoms with Crippen LogP contribution >= 0.6 is 0 Å². The van der Waals surface area contributed by atoms with Crippen LogP contribution in [0.3, 0.4) is 0 Å². The number of carbonyl (C=O) groups is 1. The van der Waals surface area contributed by atoms with Crippen molar-refractivity contribution in [1.29, 1.82) is 0 Å². The molecule has 1 amide bonds. The number of hydrogen-bond donors (Lipinski definition) is 1. The molecule has 0 bridgehead atoms. The van der Waals surface area contributed by atoms with Crippen LogP contribution in [0.15, 0.2) is 0 Å². The number of hydrogen-bond acceptors (Lipinski definition) is 1. The minimum absolute atomic E-state index is 0.232. The number of amides is 1. The summed E-state index contributed by atoms with van der Waals surface area (Å²) in [5, 5.41) is 3.03. The predicted molar refractivity (Wildman–Crippen MR) is 93.5 cm³/mol. The van der Waals surface area contributed by atoms with Crippen LogP contribution < -0.4 is 5.32 Å². The quantitative estimate of drug-likeness (QED) is 0.377. The standard InChI is InChI=1S/C19H39NO/c1-4-5-6-7-8-9-10-11-12-13-14-17-20-19(21)16-15-18(2)3/h18H,4-17H2,1-3H3,(H,20,21). The molecule has 21 heavy (non-hydrogen) atoms. The molecule has 0 aromatic heterocycles. The molecule has 0 saturated carbocycles. The first-order valence-corrected chi connectivity index (χ1v) is 9.43. The zero-order chi connectivity index (χ0) is 15.8. The molecule has 0 aromatic carbocycles. The predicted octanol–water partition coefficient (Wildman–Crippen LogP) is 5.85. The van der Waals surface area contributed by atoms with Crippen molar-refractivity contribution in [2.45, 2.75) is 104 Å². The van der Waals surface area contributed by atoms with Crippen LogP contribution in [0.25, 0.3) is 0 Å². The third kappa shape index (κ3) is 17.4. The number of rotatable bonds is 15. The van der Waals surface area contributed by atoms with Crippen LogP contribution in [0.5, 0.6) is 0 Å². The molecule has 1 N–H and O–H groups in total.